The molecule has 0 spiro atoms. The van der Waals surface area contributed by atoms with Gasteiger partial charge >= 0.3 is 0 Å². The zero-order chi connectivity index (χ0) is 23.0. The first kappa shape index (κ1) is 23.1. The molecule has 1 fully saturated rings. The average Bonchev–Trinajstić information content (AvgIpc) is 2.84. The van der Waals surface area contributed by atoms with Gasteiger partial charge in [-0.25, -0.2) is 0 Å². The molecule has 1 atom stereocenters. The average molecular weight is 466 g/mol. The van der Waals surface area contributed by atoms with Crippen molar-refractivity contribution in [2.24, 2.45) is 5.92 Å². The number of piperidine rings is 1. The van der Waals surface area contributed by atoms with Crippen LogP contribution in [0.4, 0.5) is 0 Å². The second-order valence-electron chi connectivity index (χ2n) is 8.21. The monoisotopic (exact) mass is 465 g/mol. The molecule has 2 N–H and O–H groups in total. The molecule has 3 aromatic rings. The van der Waals surface area contributed by atoms with Crippen LogP contribution in [0.15, 0.2) is 72.9 Å². The number of hydrogen-bond acceptors (Lipinski definition) is 5. The van der Waals surface area contributed by atoms with Gasteiger partial charge in [0.1, 0.15) is 18.1 Å². The lowest BCUT2D eigenvalue weighted by molar-refractivity contribution is -0.127. The first-order valence-corrected chi connectivity index (χ1v) is 11.6. The molecule has 6 nitrogen and oxygen atoms in total. The fraction of sp³-hybridized carbons (Fsp3) is 0.308. The number of pyridine rings is 1. The summed E-state index contributed by atoms with van der Waals surface area (Å²) < 4.78 is 5.73. The van der Waals surface area contributed by atoms with Crippen molar-refractivity contribution < 1.29 is 14.6 Å². The van der Waals surface area contributed by atoms with Crippen molar-refractivity contribution in [1.82, 2.24) is 15.2 Å². The third-order valence-electron chi connectivity index (χ3n) is 5.93. The summed E-state index contributed by atoms with van der Waals surface area (Å²) in [6, 6.07) is 19.7. The molecule has 1 unspecified atom stereocenters. The van der Waals surface area contributed by atoms with E-state index in [4.69, 9.17) is 16.3 Å². The van der Waals surface area contributed by atoms with E-state index in [-0.39, 0.29) is 23.6 Å². The molecule has 0 saturated carbocycles. The maximum Gasteiger partial charge on any atom is 0.224 e. The topological polar surface area (TPSA) is 74.7 Å². The lowest BCUT2D eigenvalue weighted by Crippen LogP contribution is -2.42. The molecule has 4 rings (SSSR count). The van der Waals surface area contributed by atoms with Crippen LogP contribution in [0.5, 0.6) is 11.5 Å². The number of amides is 1. The van der Waals surface area contributed by atoms with E-state index in [1.165, 1.54) is 0 Å². The van der Waals surface area contributed by atoms with Gasteiger partial charge in [-0.15, -0.1) is 0 Å². The second-order valence-corrected chi connectivity index (χ2v) is 8.65. The van der Waals surface area contributed by atoms with Gasteiger partial charge in [-0.3, -0.25) is 14.7 Å². The van der Waals surface area contributed by atoms with Gasteiger partial charge in [-0.05, 0) is 67.9 Å². The molecule has 1 aliphatic heterocycles. The van der Waals surface area contributed by atoms with Crippen LogP contribution in [0.25, 0.3) is 0 Å². The highest BCUT2D eigenvalue weighted by molar-refractivity contribution is 6.30. The summed E-state index contributed by atoms with van der Waals surface area (Å²) in [7, 11) is 0. The van der Waals surface area contributed by atoms with Crippen molar-refractivity contribution in [2.75, 3.05) is 26.2 Å². The number of aromatic hydroxyl groups is 1. The van der Waals surface area contributed by atoms with Gasteiger partial charge in [0.25, 0.3) is 0 Å². The first-order valence-electron chi connectivity index (χ1n) is 11.2. The number of phenolic OH excluding ortho intramolecular Hbond substituents is 1. The molecule has 1 aliphatic rings. The van der Waals surface area contributed by atoms with Crippen LogP contribution in [-0.2, 0) is 4.79 Å². The fourth-order valence-electron chi connectivity index (χ4n) is 4.07. The molecule has 1 aromatic heterocycles. The maximum atomic E-state index is 13.1. The molecule has 7 heteroatoms. The number of aromatic nitrogens is 1. The number of benzene rings is 2. The lowest BCUT2D eigenvalue weighted by Gasteiger charge is -2.32. The molecule has 33 heavy (non-hydrogen) atoms. The number of likely N-dealkylation sites (tertiary alicyclic amines) is 1. The van der Waals surface area contributed by atoms with Gasteiger partial charge in [0.15, 0.2) is 0 Å². The number of nitrogens with zero attached hydrogens (tertiary/aromatic N) is 2. The van der Waals surface area contributed by atoms with E-state index in [1.807, 2.05) is 48.5 Å². The number of carbonyl (C=O) groups excluding carboxylic acids is 1. The Morgan fingerprint density at radius 2 is 1.91 bits per heavy atom. The van der Waals surface area contributed by atoms with E-state index in [2.05, 4.69) is 15.2 Å². The summed E-state index contributed by atoms with van der Waals surface area (Å²) in [6.07, 6.45) is 3.34. The summed E-state index contributed by atoms with van der Waals surface area (Å²) in [5.74, 6) is 0.872. The van der Waals surface area contributed by atoms with Crippen LogP contribution >= 0.6 is 11.6 Å². The molecule has 0 bridgehead atoms. The van der Waals surface area contributed by atoms with Crippen LogP contribution in [0.3, 0.4) is 0 Å². The Bertz CT molecular complexity index is 1040. The van der Waals surface area contributed by atoms with Gasteiger partial charge in [-0.1, -0.05) is 35.9 Å². The minimum absolute atomic E-state index is 0.0354. The van der Waals surface area contributed by atoms with Crippen LogP contribution < -0.4 is 10.1 Å². The van der Waals surface area contributed by atoms with Crippen LogP contribution in [0.2, 0.25) is 5.02 Å². The Labute approximate surface area is 199 Å². The van der Waals surface area contributed by atoms with Crippen molar-refractivity contribution >= 4 is 17.5 Å². The second kappa shape index (κ2) is 11.2. The van der Waals surface area contributed by atoms with E-state index >= 15 is 0 Å². The standard InChI is InChI=1S/C26H28ClN3O3/c27-21-9-7-19(8-10-21)25(24-6-1-2-13-28-24)29-26(32)20-11-14-30(15-12-20)16-17-33-23-5-3-4-22(31)18-23/h1-10,13,18,20,25,31H,11-12,14-17H2,(H,29,32). The van der Waals surface area contributed by atoms with E-state index in [1.54, 1.807) is 24.4 Å². The first-order chi connectivity index (χ1) is 16.1. The highest BCUT2D eigenvalue weighted by Crippen LogP contribution is 2.25. The predicted molar refractivity (Wildman–Crippen MR) is 128 cm³/mol. The largest absolute Gasteiger partial charge is 0.508 e. The number of rotatable bonds is 8. The van der Waals surface area contributed by atoms with Gasteiger partial charge in [0.2, 0.25) is 5.91 Å². The van der Waals surface area contributed by atoms with Crippen molar-refractivity contribution in [2.45, 2.75) is 18.9 Å². The Balaban J connectivity index is 1.30. The number of carbonyl (C=O) groups is 1. The molecule has 1 amide bonds. The van der Waals surface area contributed by atoms with Crippen molar-refractivity contribution in [3.63, 3.8) is 0 Å². The molecular weight excluding hydrogens is 438 g/mol. The van der Waals surface area contributed by atoms with Gasteiger partial charge in [0.05, 0.1) is 11.7 Å². The Kier molecular flexibility index (Phi) is 7.81. The number of hydrogen-bond donors (Lipinski definition) is 2. The zero-order valence-electron chi connectivity index (χ0n) is 18.4. The van der Waals surface area contributed by atoms with Crippen molar-refractivity contribution in [3.8, 4) is 11.5 Å². The number of nitrogens with one attached hydrogen (secondary N) is 1. The van der Waals surface area contributed by atoms with Crippen molar-refractivity contribution in [3.05, 3.63) is 89.2 Å². The highest BCUT2D eigenvalue weighted by Gasteiger charge is 2.27. The maximum absolute atomic E-state index is 13.1. The predicted octanol–water partition coefficient (Wildman–Crippen LogP) is 4.44. The Hall–Kier alpha value is -3.09. The van der Waals surface area contributed by atoms with Crippen molar-refractivity contribution in [1.29, 1.82) is 0 Å². The number of ether oxygens (including phenoxy) is 1. The van der Waals surface area contributed by atoms with Gasteiger partial charge in [-0.2, -0.15) is 0 Å². The van der Waals surface area contributed by atoms with E-state index in [0.717, 1.165) is 43.7 Å². The summed E-state index contributed by atoms with van der Waals surface area (Å²) >= 11 is 6.05. The molecule has 172 valence electrons. The zero-order valence-corrected chi connectivity index (χ0v) is 19.1. The molecular formula is C26H28ClN3O3. The molecule has 1 saturated heterocycles. The minimum atomic E-state index is -0.315. The highest BCUT2D eigenvalue weighted by atomic mass is 35.5. The fourth-order valence-corrected chi connectivity index (χ4v) is 4.20. The van der Waals surface area contributed by atoms with E-state index < -0.39 is 0 Å². The Morgan fingerprint density at radius 3 is 2.61 bits per heavy atom. The summed E-state index contributed by atoms with van der Waals surface area (Å²) in [5.41, 5.74) is 1.75. The summed E-state index contributed by atoms with van der Waals surface area (Å²) in [4.78, 5) is 19.9. The van der Waals surface area contributed by atoms with Gasteiger partial charge < -0.3 is 15.2 Å². The number of phenols is 1. The molecule has 2 heterocycles. The van der Waals surface area contributed by atoms with Crippen LogP contribution in [0, 0.1) is 5.92 Å². The summed E-state index contributed by atoms with van der Waals surface area (Å²) in [6.45, 7) is 3.01. The van der Waals surface area contributed by atoms with Gasteiger partial charge in [0, 0.05) is 29.7 Å². The van der Waals surface area contributed by atoms with E-state index in [0.29, 0.717) is 17.4 Å². The third kappa shape index (κ3) is 6.46. The quantitative estimate of drug-likeness (QED) is 0.514. The molecule has 0 aliphatic carbocycles. The lowest BCUT2D eigenvalue weighted by atomic mass is 9.94. The Morgan fingerprint density at radius 1 is 1.12 bits per heavy atom. The molecule has 0 radical (unpaired) electrons. The third-order valence-corrected chi connectivity index (χ3v) is 6.18. The summed E-state index contributed by atoms with van der Waals surface area (Å²) in [5, 5.41) is 13.4. The van der Waals surface area contributed by atoms with Crippen LogP contribution in [0.1, 0.15) is 30.1 Å². The molecule has 2 aromatic carbocycles. The minimum Gasteiger partial charge on any atom is -0.508 e. The van der Waals surface area contributed by atoms with E-state index in [9.17, 15) is 9.90 Å². The SMILES string of the molecule is O=C(NC(c1ccc(Cl)cc1)c1ccccn1)C1CCN(CCOc2cccc(O)c2)CC1. The number of halogens is 1. The smallest absolute Gasteiger partial charge is 0.224 e. The van der Waals surface area contributed by atoms with Crippen LogP contribution in [-0.4, -0.2) is 47.1 Å². The normalized spacial score (nSPS) is 15.7.